The summed E-state index contributed by atoms with van der Waals surface area (Å²) in [6, 6.07) is 10.6. The smallest absolute Gasteiger partial charge is 0.236 e. The SMILES string of the molecule is CCN(CC(=O)N(C)Cc1ccccc1)C1CCNC1. The summed E-state index contributed by atoms with van der Waals surface area (Å²) < 4.78 is 0. The van der Waals surface area contributed by atoms with Crippen LogP contribution in [0.4, 0.5) is 0 Å². The van der Waals surface area contributed by atoms with Gasteiger partial charge in [-0.1, -0.05) is 37.3 Å². The molecule has 0 aromatic heterocycles. The lowest BCUT2D eigenvalue weighted by molar-refractivity contribution is -0.132. The molecule has 0 bridgehead atoms. The molecule has 0 saturated carbocycles. The molecule has 0 aliphatic carbocycles. The number of amides is 1. The Balaban J connectivity index is 1.86. The van der Waals surface area contributed by atoms with E-state index in [-0.39, 0.29) is 5.91 Å². The maximum atomic E-state index is 12.3. The van der Waals surface area contributed by atoms with Crippen LogP contribution in [0.15, 0.2) is 30.3 Å². The zero-order valence-electron chi connectivity index (χ0n) is 12.5. The third-order valence-electron chi connectivity index (χ3n) is 3.98. The van der Waals surface area contributed by atoms with Crippen LogP contribution in [-0.2, 0) is 11.3 Å². The minimum Gasteiger partial charge on any atom is -0.340 e. The van der Waals surface area contributed by atoms with E-state index in [1.165, 1.54) is 5.56 Å². The molecule has 0 spiro atoms. The summed E-state index contributed by atoms with van der Waals surface area (Å²) in [5.74, 6) is 0.197. The molecule has 4 heteroatoms. The predicted molar refractivity (Wildman–Crippen MR) is 81.4 cm³/mol. The van der Waals surface area contributed by atoms with Gasteiger partial charge >= 0.3 is 0 Å². The van der Waals surface area contributed by atoms with Crippen LogP contribution in [0.5, 0.6) is 0 Å². The van der Waals surface area contributed by atoms with Crippen molar-refractivity contribution >= 4 is 5.91 Å². The lowest BCUT2D eigenvalue weighted by Crippen LogP contribution is -2.44. The normalized spacial score (nSPS) is 18.4. The van der Waals surface area contributed by atoms with Crippen molar-refractivity contribution in [2.24, 2.45) is 0 Å². The topological polar surface area (TPSA) is 35.6 Å². The molecule has 110 valence electrons. The van der Waals surface area contributed by atoms with Crippen LogP contribution < -0.4 is 5.32 Å². The molecule has 1 N–H and O–H groups in total. The van der Waals surface area contributed by atoms with E-state index >= 15 is 0 Å². The molecule has 1 aromatic rings. The van der Waals surface area contributed by atoms with Crippen LogP contribution in [0, 0.1) is 0 Å². The van der Waals surface area contributed by atoms with Gasteiger partial charge in [-0.3, -0.25) is 9.69 Å². The summed E-state index contributed by atoms with van der Waals surface area (Å²) in [5, 5.41) is 3.36. The van der Waals surface area contributed by atoms with Crippen molar-refractivity contribution in [1.29, 1.82) is 0 Å². The van der Waals surface area contributed by atoms with Gasteiger partial charge in [-0.15, -0.1) is 0 Å². The Bertz CT molecular complexity index is 415. The standard InChI is InChI=1S/C16H25N3O/c1-3-19(15-9-10-17-11-15)13-16(20)18(2)12-14-7-5-4-6-8-14/h4-8,15,17H,3,9-13H2,1-2H3. The Hall–Kier alpha value is -1.39. The molecule has 1 aromatic carbocycles. The van der Waals surface area contributed by atoms with Crippen molar-refractivity contribution in [2.75, 3.05) is 33.2 Å². The van der Waals surface area contributed by atoms with Crippen molar-refractivity contribution < 1.29 is 4.79 Å². The highest BCUT2D eigenvalue weighted by Gasteiger charge is 2.23. The highest BCUT2D eigenvalue weighted by atomic mass is 16.2. The number of carbonyl (C=O) groups excluding carboxylic acids is 1. The molecule has 1 aliphatic rings. The van der Waals surface area contributed by atoms with Crippen molar-refractivity contribution in [3.63, 3.8) is 0 Å². The molecular formula is C16H25N3O. The van der Waals surface area contributed by atoms with Crippen molar-refractivity contribution in [3.05, 3.63) is 35.9 Å². The fourth-order valence-electron chi connectivity index (χ4n) is 2.69. The van der Waals surface area contributed by atoms with Crippen molar-refractivity contribution in [2.45, 2.75) is 25.9 Å². The van der Waals surface area contributed by atoms with Crippen LogP contribution in [0.1, 0.15) is 18.9 Å². The first kappa shape index (κ1) is 15.0. The highest BCUT2D eigenvalue weighted by molar-refractivity contribution is 5.78. The van der Waals surface area contributed by atoms with Gasteiger partial charge < -0.3 is 10.2 Å². The molecular weight excluding hydrogens is 250 g/mol. The Labute approximate surface area is 121 Å². The first-order valence-corrected chi connectivity index (χ1v) is 7.43. The van der Waals surface area contributed by atoms with Gasteiger partial charge in [0.05, 0.1) is 6.54 Å². The van der Waals surface area contributed by atoms with Gasteiger partial charge in [-0.25, -0.2) is 0 Å². The average Bonchev–Trinajstić information content (AvgIpc) is 2.99. The Morgan fingerprint density at radius 2 is 2.10 bits per heavy atom. The fraction of sp³-hybridized carbons (Fsp3) is 0.562. The average molecular weight is 275 g/mol. The number of carbonyl (C=O) groups is 1. The lowest BCUT2D eigenvalue weighted by atomic mass is 10.2. The molecule has 1 saturated heterocycles. The summed E-state index contributed by atoms with van der Waals surface area (Å²) >= 11 is 0. The van der Waals surface area contributed by atoms with E-state index in [0.29, 0.717) is 19.1 Å². The molecule has 20 heavy (non-hydrogen) atoms. The monoisotopic (exact) mass is 275 g/mol. The van der Waals surface area contributed by atoms with Gasteiger partial charge in [-0.2, -0.15) is 0 Å². The largest absolute Gasteiger partial charge is 0.340 e. The van der Waals surface area contributed by atoms with E-state index in [1.54, 1.807) is 0 Å². The van der Waals surface area contributed by atoms with Crippen LogP contribution in [0.25, 0.3) is 0 Å². The van der Waals surface area contributed by atoms with E-state index < -0.39 is 0 Å². The molecule has 4 nitrogen and oxygen atoms in total. The molecule has 2 rings (SSSR count). The summed E-state index contributed by atoms with van der Waals surface area (Å²) in [6.07, 6.45) is 1.14. The second-order valence-corrected chi connectivity index (χ2v) is 5.45. The molecule has 0 radical (unpaired) electrons. The van der Waals surface area contributed by atoms with Crippen molar-refractivity contribution in [3.8, 4) is 0 Å². The van der Waals surface area contributed by atoms with E-state index in [2.05, 4.69) is 29.3 Å². The van der Waals surface area contributed by atoms with Crippen LogP contribution >= 0.6 is 0 Å². The van der Waals surface area contributed by atoms with E-state index in [4.69, 9.17) is 0 Å². The van der Waals surface area contributed by atoms with Gasteiger partial charge in [0.2, 0.25) is 5.91 Å². The molecule has 1 heterocycles. The third-order valence-corrected chi connectivity index (χ3v) is 3.98. The molecule has 1 aliphatic heterocycles. The van der Waals surface area contributed by atoms with Crippen LogP contribution in [0.2, 0.25) is 0 Å². The Morgan fingerprint density at radius 3 is 2.70 bits per heavy atom. The Kier molecular flexibility index (Phi) is 5.56. The van der Waals surface area contributed by atoms with E-state index in [9.17, 15) is 4.79 Å². The molecule has 1 atom stereocenters. The van der Waals surface area contributed by atoms with Gasteiger partial charge in [0, 0.05) is 26.2 Å². The summed E-state index contributed by atoms with van der Waals surface area (Å²) in [5.41, 5.74) is 1.17. The second-order valence-electron chi connectivity index (χ2n) is 5.45. The first-order valence-electron chi connectivity index (χ1n) is 7.43. The van der Waals surface area contributed by atoms with Crippen LogP contribution in [0.3, 0.4) is 0 Å². The number of hydrogen-bond donors (Lipinski definition) is 1. The number of nitrogens with zero attached hydrogens (tertiary/aromatic N) is 2. The van der Waals surface area contributed by atoms with E-state index in [1.807, 2.05) is 30.1 Å². The van der Waals surface area contributed by atoms with Gasteiger partial charge in [-0.05, 0) is 25.1 Å². The predicted octanol–water partition coefficient (Wildman–Crippen LogP) is 1.33. The zero-order chi connectivity index (χ0) is 14.4. The summed E-state index contributed by atoms with van der Waals surface area (Å²) in [4.78, 5) is 16.4. The maximum Gasteiger partial charge on any atom is 0.236 e. The molecule has 1 amide bonds. The van der Waals surface area contributed by atoms with Crippen LogP contribution in [-0.4, -0.2) is 55.0 Å². The Morgan fingerprint density at radius 1 is 1.35 bits per heavy atom. The number of likely N-dealkylation sites (N-methyl/N-ethyl adjacent to an activating group) is 2. The highest BCUT2D eigenvalue weighted by Crippen LogP contribution is 2.09. The summed E-state index contributed by atoms with van der Waals surface area (Å²) in [7, 11) is 1.88. The van der Waals surface area contributed by atoms with E-state index in [0.717, 1.165) is 26.1 Å². The van der Waals surface area contributed by atoms with Crippen molar-refractivity contribution in [1.82, 2.24) is 15.1 Å². The lowest BCUT2D eigenvalue weighted by Gasteiger charge is -2.28. The summed E-state index contributed by atoms with van der Waals surface area (Å²) in [6.45, 7) is 6.32. The van der Waals surface area contributed by atoms with Gasteiger partial charge in [0.15, 0.2) is 0 Å². The first-order chi connectivity index (χ1) is 9.70. The molecule has 1 unspecified atom stereocenters. The number of rotatable bonds is 6. The van der Waals surface area contributed by atoms with Gasteiger partial charge in [0.1, 0.15) is 0 Å². The molecule has 1 fully saturated rings. The minimum absolute atomic E-state index is 0.197. The van der Waals surface area contributed by atoms with Gasteiger partial charge in [0.25, 0.3) is 0 Å². The maximum absolute atomic E-state index is 12.3. The third kappa shape index (κ3) is 4.05. The number of benzene rings is 1. The zero-order valence-corrected chi connectivity index (χ0v) is 12.5. The quantitative estimate of drug-likeness (QED) is 0.851. The number of hydrogen-bond acceptors (Lipinski definition) is 3. The minimum atomic E-state index is 0.197. The second kappa shape index (κ2) is 7.41. The fourth-order valence-corrected chi connectivity index (χ4v) is 2.69. The number of nitrogens with one attached hydrogen (secondary N) is 1.